The number of halogens is 2. The summed E-state index contributed by atoms with van der Waals surface area (Å²) in [7, 11) is 1.56. The smallest absolute Gasteiger partial charge is 0.313 e. The van der Waals surface area contributed by atoms with E-state index < -0.39 is 17.2 Å². The van der Waals surface area contributed by atoms with Crippen molar-refractivity contribution in [3.05, 3.63) is 101 Å². The third kappa shape index (κ3) is 7.29. The van der Waals surface area contributed by atoms with Crippen molar-refractivity contribution in [2.24, 2.45) is 10.1 Å². The van der Waals surface area contributed by atoms with E-state index in [1.54, 1.807) is 19.7 Å². The number of nitrogens with one attached hydrogen (secondary N) is 1. The Morgan fingerprint density at radius 2 is 1.66 bits per heavy atom. The molecule has 0 bridgehead atoms. The third-order valence-corrected chi connectivity index (χ3v) is 9.17. The monoisotopic (exact) mass is 599 g/mol. The first-order valence-electron chi connectivity index (χ1n) is 15.6. The quantitative estimate of drug-likeness (QED) is 0.313. The predicted octanol–water partition coefficient (Wildman–Crippen LogP) is 5.51. The lowest BCUT2D eigenvalue weighted by Crippen LogP contribution is -2.52. The van der Waals surface area contributed by atoms with Crippen LogP contribution in [0, 0.1) is 11.6 Å². The van der Waals surface area contributed by atoms with E-state index in [2.05, 4.69) is 79.8 Å². The first kappa shape index (κ1) is 30.2. The summed E-state index contributed by atoms with van der Waals surface area (Å²) in [4.78, 5) is 8.97. The average Bonchev–Trinajstić information content (AvgIpc) is 3.56. The molecule has 0 aliphatic carbocycles. The van der Waals surface area contributed by atoms with Gasteiger partial charge in [-0.2, -0.15) is 0 Å². The molecule has 3 aromatic rings. The van der Waals surface area contributed by atoms with E-state index in [0.29, 0.717) is 18.6 Å². The number of piperidine rings is 2. The van der Waals surface area contributed by atoms with Gasteiger partial charge in [0.05, 0.1) is 0 Å². The molecular formula is C35H41F2N6O+. The van der Waals surface area contributed by atoms with Gasteiger partial charge in [-0.15, -0.1) is 4.68 Å². The fourth-order valence-electron chi connectivity index (χ4n) is 6.72. The second-order valence-corrected chi connectivity index (χ2v) is 12.0. The highest BCUT2D eigenvalue weighted by Gasteiger charge is 2.40. The highest BCUT2D eigenvalue weighted by molar-refractivity contribution is 5.77. The van der Waals surface area contributed by atoms with Gasteiger partial charge in [0.2, 0.25) is 0 Å². The van der Waals surface area contributed by atoms with Gasteiger partial charge in [-0.3, -0.25) is 4.90 Å². The standard InChI is InChI=1S/C35H41F2N6O/c1-44-35(24-43-26-38-25-39-43,33-12-9-29(36)22-34(33)37)23-41-17-15-32(16-18-41)42-19-13-31(14-20-42)40-30-10-7-28(8-11-30)21-27-5-3-2-4-6-27/h2-12,22,24-26,31-32,40H,13-21,23H2,1H3/q+1/b43-24+. The number of nitrogens with zero attached hydrogens (tertiary/aromatic N) is 5. The van der Waals surface area contributed by atoms with Crippen molar-refractivity contribution in [3.8, 4) is 0 Å². The molecule has 2 saturated heterocycles. The van der Waals surface area contributed by atoms with Crippen LogP contribution in [0.15, 0.2) is 82.9 Å². The molecule has 3 aromatic carbocycles. The summed E-state index contributed by atoms with van der Waals surface area (Å²) in [6.07, 6.45) is 9.95. The van der Waals surface area contributed by atoms with E-state index in [1.807, 2.05) is 0 Å². The minimum atomic E-state index is -1.15. The minimum Gasteiger partial charge on any atom is -0.382 e. The maximum Gasteiger partial charge on any atom is 0.313 e. The fraction of sp³-hybridized carbons (Fsp3) is 0.400. The topological polar surface area (TPSA) is 55.5 Å². The van der Waals surface area contributed by atoms with Crippen molar-refractivity contribution in [2.75, 3.05) is 45.2 Å². The van der Waals surface area contributed by atoms with Crippen molar-refractivity contribution in [3.63, 3.8) is 0 Å². The van der Waals surface area contributed by atoms with Crippen molar-refractivity contribution < 1.29 is 18.2 Å². The summed E-state index contributed by atoms with van der Waals surface area (Å²) in [5, 5.41) is 7.94. The molecule has 9 heteroatoms. The maximum absolute atomic E-state index is 15.1. The van der Waals surface area contributed by atoms with Crippen LogP contribution in [-0.2, 0) is 16.8 Å². The zero-order valence-electron chi connectivity index (χ0n) is 25.3. The van der Waals surface area contributed by atoms with Gasteiger partial charge in [0, 0.05) is 56.1 Å². The van der Waals surface area contributed by atoms with Crippen LogP contribution < -0.4 is 5.32 Å². The first-order chi connectivity index (χ1) is 21.5. The van der Waals surface area contributed by atoms with Gasteiger partial charge in [-0.05, 0) is 90.7 Å². The van der Waals surface area contributed by atoms with E-state index in [-0.39, 0.29) is 5.56 Å². The zero-order chi connectivity index (χ0) is 30.4. The molecular weight excluding hydrogens is 558 g/mol. The SMILES string of the molecule is COC(/C=[N+]1\C=NC=N1)(CN1CCC(N2CCC(Nc3ccc(Cc4ccccc4)cc3)CC2)CC1)c1ccc(F)cc1F. The lowest BCUT2D eigenvalue weighted by Gasteiger charge is -2.43. The third-order valence-electron chi connectivity index (χ3n) is 9.17. The van der Waals surface area contributed by atoms with Gasteiger partial charge >= 0.3 is 6.34 Å². The Bertz CT molecular complexity index is 1460. The van der Waals surface area contributed by atoms with Gasteiger partial charge in [0.1, 0.15) is 17.8 Å². The molecule has 230 valence electrons. The van der Waals surface area contributed by atoms with Crippen molar-refractivity contribution >= 4 is 24.6 Å². The second kappa shape index (κ2) is 13.9. The van der Waals surface area contributed by atoms with E-state index in [9.17, 15) is 4.39 Å². The molecule has 2 fully saturated rings. The second-order valence-electron chi connectivity index (χ2n) is 12.0. The van der Waals surface area contributed by atoms with Crippen LogP contribution in [-0.4, -0.2) is 85.3 Å². The van der Waals surface area contributed by atoms with Gasteiger partial charge in [0.15, 0.2) is 5.60 Å². The van der Waals surface area contributed by atoms with E-state index >= 15 is 4.39 Å². The summed E-state index contributed by atoms with van der Waals surface area (Å²) < 4.78 is 36.4. The van der Waals surface area contributed by atoms with Crippen LogP contribution in [0.3, 0.4) is 0 Å². The lowest BCUT2D eigenvalue weighted by molar-refractivity contribution is -0.399. The number of hydrogen-bond donors (Lipinski definition) is 1. The van der Waals surface area contributed by atoms with Crippen LogP contribution in [0.25, 0.3) is 0 Å². The van der Waals surface area contributed by atoms with Gasteiger partial charge in [-0.25, -0.2) is 8.78 Å². The Hall–Kier alpha value is -3.79. The summed E-state index contributed by atoms with van der Waals surface area (Å²) in [6.45, 7) is 4.33. The number of methoxy groups -OCH3 is 1. The van der Waals surface area contributed by atoms with Gasteiger partial charge in [-0.1, -0.05) is 42.5 Å². The van der Waals surface area contributed by atoms with Crippen LogP contribution in [0.4, 0.5) is 14.5 Å². The molecule has 44 heavy (non-hydrogen) atoms. The fourth-order valence-corrected chi connectivity index (χ4v) is 6.72. The number of hydrogen-bond acceptors (Lipinski definition) is 6. The highest BCUT2D eigenvalue weighted by Crippen LogP contribution is 2.30. The van der Waals surface area contributed by atoms with Crippen molar-refractivity contribution in [1.82, 2.24) is 9.80 Å². The summed E-state index contributed by atoms with van der Waals surface area (Å²) >= 11 is 0. The Morgan fingerprint density at radius 3 is 2.32 bits per heavy atom. The molecule has 0 aromatic heterocycles. The van der Waals surface area contributed by atoms with Crippen LogP contribution in [0.2, 0.25) is 0 Å². The summed E-state index contributed by atoms with van der Waals surface area (Å²) in [5.74, 6) is -1.26. The zero-order valence-corrected chi connectivity index (χ0v) is 25.3. The molecule has 1 atom stereocenters. The molecule has 7 nitrogen and oxygen atoms in total. The number of benzene rings is 3. The Kier molecular flexibility index (Phi) is 9.54. The number of aliphatic imine (C=N–C) groups is 1. The van der Waals surface area contributed by atoms with Gasteiger partial charge < -0.3 is 15.0 Å². The average molecular weight is 600 g/mol. The highest BCUT2D eigenvalue weighted by atomic mass is 19.1. The molecule has 0 spiro atoms. The predicted molar refractivity (Wildman–Crippen MR) is 172 cm³/mol. The number of rotatable bonds is 10. The largest absolute Gasteiger partial charge is 0.382 e. The Morgan fingerprint density at radius 1 is 0.932 bits per heavy atom. The van der Waals surface area contributed by atoms with E-state index in [1.165, 1.54) is 40.0 Å². The number of anilines is 1. The molecule has 3 aliphatic rings. The summed E-state index contributed by atoms with van der Waals surface area (Å²) in [6, 6.07) is 24.1. The molecule has 6 rings (SSSR count). The lowest BCUT2D eigenvalue weighted by atomic mass is 9.91. The number of likely N-dealkylation sites (tertiary alicyclic amines) is 2. The van der Waals surface area contributed by atoms with Gasteiger partial charge in [0.25, 0.3) is 6.34 Å². The summed E-state index contributed by atoms with van der Waals surface area (Å²) in [5.41, 5.74) is 2.97. The number of ether oxygens (including phenoxy) is 1. The van der Waals surface area contributed by atoms with E-state index in [4.69, 9.17) is 4.74 Å². The van der Waals surface area contributed by atoms with Crippen molar-refractivity contribution in [1.29, 1.82) is 0 Å². The number of hydrazone groups is 1. The molecule has 3 aliphatic heterocycles. The van der Waals surface area contributed by atoms with E-state index in [0.717, 1.165) is 64.3 Å². The molecule has 3 heterocycles. The first-order valence-corrected chi connectivity index (χ1v) is 15.6. The maximum atomic E-state index is 15.1. The van der Waals surface area contributed by atoms with Crippen LogP contribution in [0.1, 0.15) is 42.4 Å². The molecule has 0 amide bonds. The van der Waals surface area contributed by atoms with Crippen molar-refractivity contribution in [2.45, 2.75) is 49.8 Å². The molecule has 1 unspecified atom stereocenters. The Labute approximate surface area is 258 Å². The molecule has 1 N–H and O–H groups in total. The van der Waals surface area contributed by atoms with Crippen LogP contribution >= 0.6 is 0 Å². The normalized spacial score (nSPS) is 20.8. The minimum absolute atomic E-state index is 0.277. The molecule has 0 saturated carbocycles. The van der Waals surface area contributed by atoms with Crippen LogP contribution in [0.5, 0.6) is 0 Å². The molecule has 0 radical (unpaired) electrons. The Balaban J connectivity index is 1.01.